The van der Waals surface area contributed by atoms with Crippen molar-refractivity contribution in [3.05, 3.63) is 0 Å². The normalized spacial score (nSPS) is 12.1. The highest BCUT2D eigenvalue weighted by Crippen LogP contribution is 2.16. The molecule has 0 fully saturated rings. The fraction of sp³-hybridized carbons (Fsp3) is 0.927. The van der Waals surface area contributed by atoms with E-state index in [1.54, 1.807) is 0 Å². The number of rotatable bonds is 35. The first-order chi connectivity index (χ1) is 22.7. The molecule has 0 N–H and O–H groups in total. The smallest absolute Gasteiger partial charge is 0.306 e. The van der Waals surface area contributed by atoms with Crippen LogP contribution < -0.4 is 0 Å². The monoisotopic (exact) mass is 667 g/mol. The van der Waals surface area contributed by atoms with Gasteiger partial charge in [-0.05, 0) is 31.1 Å². The van der Waals surface area contributed by atoms with Crippen LogP contribution in [-0.2, 0) is 28.6 Å². The Morgan fingerprint density at radius 1 is 0.404 bits per heavy atom. The van der Waals surface area contributed by atoms with Gasteiger partial charge in [-0.3, -0.25) is 14.4 Å². The van der Waals surface area contributed by atoms with E-state index in [-0.39, 0.29) is 31.1 Å². The number of carbonyl (C=O) groups is 3. The summed E-state index contributed by atoms with van der Waals surface area (Å²) in [4.78, 5) is 37.3. The van der Waals surface area contributed by atoms with E-state index in [2.05, 4.69) is 34.6 Å². The minimum absolute atomic E-state index is 0.0675. The van der Waals surface area contributed by atoms with Gasteiger partial charge in [0.2, 0.25) is 0 Å². The van der Waals surface area contributed by atoms with Gasteiger partial charge in [-0.25, -0.2) is 0 Å². The van der Waals surface area contributed by atoms with Gasteiger partial charge in [0.25, 0.3) is 0 Å². The zero-order valence-electron chi connectivity index (χ0n) is 31.9. The predicted molar refractivity (Wildman–Crippen MR) is 196 cm³/mol. The van der Waals surface area contributed by atoms with Crippen molar-refractivity contribution in [3.63, 3.8) is 0 Å². The first kappa shape index (κ1) is 45.4. The molecule has 0 unspecified atom stereocenters. The molecule has 0 aliphatic carbocycles. The Bertz CT molecular complexity index is 719. The fourth-order valence-electron chi connectivity index (χ4n) is 5.87. The molecule has 0 amide bonds. The van der Waals surface area contributed by atoms with Crippen LogP contribution in [0.2, 0.25) is 0 Å². The summed E-state index contributed by atoms with van der Waals surface area (Å²) in [7, 11) is 0. The lowest BCUT2D eigenvalue weighted by atomic mass is 10.0. The molecule has 0 aliphatic rings. The molecular formula is C41H78O6. The van der Waals surface area contributed by atoms with E-state index in [1.807, 2.05) is 0 Å². The van der Waals surface area contributed by atoms with Crippen molar-refractivity contribution >= 4 is 17.9 Å². The minimum Gasteiger partial charge on any atom is -0.462 e. The zero-order valence-corrected chi connectivity index (χ0v) is 31.9. The molecule has 0 aromatic carbocycles. The van der Waals surface area contributed by atoms with Gasteiger partial charge in [-0.2, -0.15) is 0 Å². The molecule has 0 saturated carbocycles. The van der Waals surface area contributed by atoms with Crippen molar-refractivity contribution in [1.82, 2.24) is 0 Å². The Labute approximate surface area is 291 Å². The van der Waals surface area contributed by atoms with Gasteiger partial charge in [-0.15, -0.1) is 0 Å². The van der Waals surface area contributed by atoms with Crippen molar-refractivity contribution in [2.75, 3.05) is 13.2 Å². The quantitative estimate of drug-likeness (QED) is 0.0380. The second-order valence-corrected chi connectivity index (χ2v) is 14.9. The molecule has 0 aromatic rings. The fourth-order valence-corrected chi connectivity index (χ4v) is 5.87. The standard InChI is InChI=1S/C41H78O6/c1-6-7-8-19-26-31-39(42)45-34-38(35-46-40(43)32-27-22-18-14-16-21-25-30-37(4)5)47-41(44)33-28-23-17-13-11-9-10-12-15-20-24-29-36(2)3/h36-38H,6-35H2,1-5H3/t38-/m1/s1. The minimum atomic E-state index is -0.758. The molecule has 278 valence electrons. The number of hydrogen-bond acceptors (Lipinski definition) is 6. The van der Waals surface area contributed by atoms with Gasteiger partial charge in [0, 0.05) is 19.3 Å². The van der Waals surface area contributed by atoms with E-state index >= 15 is 0 Å². The average Bonchev–Trinajstić information content (AvgIpc) is 3.03. The molecule has 0 bridgehead atoms. The number of esters is 3. The van der Waals surface area contributed by atoms with E-state index in [1.165, 1.54) is 96.3 Å². The van der Waals surface area contributed by atoms with Crippen molar-refractivity contribution in [3.8, 4) is 0 Å². The number of hydrogen-bond donors (Lipinski definition) is 0. The third kappa shape index (κ3) is 35.5. The molecule has 6 heteroatoms. The number of carbonyl (C=O) groups excluding carboxylic acids is 3. The van der Waals surface area contributed by atoms with E-state index in [9.17, 15) is 14.4 Å². The van der Waals surface area contributed by atoms with Crippen molar-refractivity contribution in [1.29, 1.82) is 0 Å². The maximum Gasteiger partial charge on any atom is 0.306 e. The Kier molecular flexibility index (Phi) is 33.1. The van der Waals surface area contributed by atoms with Gasteiger partial charge in [0.05, 0.1) is 0 Å². The van der Waals surface area contributed by atoms with Crippen LogP contribution in [0.5, 0.6) is 0 Å². The van der Waals surface area contributed by atoms with Gasteiger partial charge in [-0.1, -0.05) is 176 Å². The molecule has 0 heterocycles. The van der Waals surface area contributed by atoms with Crippen molar-refractivity contribution in [2.45, 2.75) is 221 Å². The van der Waals surface area contributed by atoms with E-state index in [0.29, 0.717) is 19.3 Å². The maximum atomic E-state index is 12.6. The highest BCUT2D eigenvalue weighted by Gasteiger charge is 2.19. The Morgan fingerprint density at radius 3 is 1.04 bits per heavy atom. The summed E-state index contributed by atoms with van der Waals surface area (Å²) in [5.74, 6) is 0.726. The summed E-state index contributed by atoms with van der Waals surface area (Å²) >= 11 is 0. The molecule has 6 nitrogen and oxygen atoms in total. The molecule has 0 radical (unpaired) electrons. The van der Waals surface area contributed by atoms with Crippen molar-refractivity contribution in [2.24, 2.45) is 11.8 Å². The lowest BCUT2D eigenvalue weighted by Crippen LogP contribution is -2.30. The average molecular weight is 667 g/mol. The van der Waals surface area contributed by atoms with Crippen molar-refractivity contribution < 1.29 is 28.6 Å². The molecule has 0 aliphatic heterocycles. The highest BCUT2D eigenvalue weighted by atomic mass is 16.6. The molecule has 0 saturated heterocycles. The summed E-state index contributed by atoms with van der Waals surface area (Å²) in [6, 6.07) is 0. The largest absolute Gasteiger partial charge is 0.462 e. The zero-order chi connectivity index (χ0) is 34.8. The number of ether oxygens (including phenoxy) is 3. The van der Waals surface area contributed by atoms with E-state index in [0.717, 1.165) is 76.0 Å². The molecule has 0 aromatic heterocycles. The van der Waals surface area contributed by atoms with Crippen LogP contribution in [0.4, 0.5) is 0 Å². The Morgan fingerprint density at radius 2 is 0.702 bits per heavy atom. The highest BCUT2D eigenvalue weighted by molar-refractivity contribution is 5.71. The molecule has 0 spiro atoms. The SMILES string of the molecule is CCCCCCCC(=O)OC[C@H](COC(=O)CCCCCCCCCC(C)C)OC(=O)CCCCCCCCCCCCCC(C)C. The molecule has 1 atom stereocenters. The van der Waals surface area contributed by atoms with Gasteiger partial charge in [0.1, 0.15) is 13.2 Å². The maximum absolute atomic E-state index is 12.6. The molecule has 0 rings (SSSR count). The Balaban J connectivity index is 4.25. The predicted octanol–water partition coefficient (Wildman–Crippen LogP) is 12.2. The summed E-state index contributed by atoms with van der Waals surface area (Å²) in [5.41, 5.74) is 0. The summed E-state index contributed by atoms with van der Waals surface area (Å²) < 4.78 is 16.5. The van der Waals surface area contributed by atoms with Gasteiger partial charge >= 0.3 is 17.9 Å². The first-order valence-electron chi connectivity index (χ1n) is 20.2. The van der Waals surface area contributed by atoms with Crippen LogP contribution in [0.15, 0.2) is 0 Å². The second kappa shape index (κ2) is 34.3. The van der Waals surface area contributed by atoms with Crippen LogP contribution in [0.3, 0.4) is 0 Å². The van der Waals surface area contributed by atoms with Gasteiger partial charge < -0.3 is 14.2 Å². The first-order valence-corrected chi connectivity index (χ1v) is 20.2. The third-order valence-corrected chi connectivity index (χ3v) is 8.97. The van der Waals surface area contributed by atoms with Crippen LogP contribution in [0.25, 0.3) is 0 Å². The summed E-state index contributed by atoms with van der Waals surface area (Å²) in [6.07, 6.45) is 29.8. The van der Waals surface area contributed by atoms with Crippen LogP contribution in [0.1, 0.15) is 214 Å². The van der Waals surface area contributed by atoms with Gasteiger partial charge in [0.15, 0.2) is 6.10 Å². The summed E-state index contributed by atoms with van der Waals surface area (Å²) in [5, 5.41) is 0. The van der Waals surface area contributed by atoms with Crippen LogP contribution in [-0.4, -0.2) is 37.2 Å². The van der Waals surface area contributed by atoms with Crippen LogP contribution >= 0.6 is 0 Å². The van der Waals surface area contributed by atoms with E-state index in [4.69, 9.17) is 14.2 Å². The third-order valence-electron chi connectivity index (χ3n) is 8.97. The lowest BCUT2D eigenvalue weighted by molar-refractivity contribution is -0.167. The second-order valence-electron chi connectivity index (χ2n) is 14.9. The summed E-state index contributed by atoms with van der Waals surface area (Å²) in [6.45, 7) is 11.2. The topological polar surface area (TPSA) is 78.9 Å². The van der Waals surface area contributed by atoms with Crippen LogP contribution in [0, 0.1) is 11.8 Å². The van der Waals surface area contributed by atoms with E-state index < -0.39 is 6.10 Å². The Hall–Kier alpha value is -1.59. The number of unbranched alkanes of at least 4 members (excludes halogenated alkanes) is 20. The molecular weight excluding hydrogens is 588 g/mol. The lowest BCUT2D eigenvalue weighted by Gasteiger charge is -2.18. The molecule has 47 heavy (non-hydrogen) atoms.